The zero-order chi connectivity index (χ0) is 14.8. The fraction of sp³-hybridized carbons (Fsp3) is 0.133. The zero-order valence-corrected chi connectivity index (χ0v) is 10.7. The minimum Gasteiger partial charge on any atom is -0.481 e. The van der Waals surface area contributed by atoms with Gasteiger partial charge in [0, 0.05) is 5.56 Å². The van der Waals surface area contributed by atoms with Crippen LogP contribution < -0.4 is 0 Å². The maximum Gasteiger partial charge on any atom is 0.416 e. The number of halogens is 3. The molecule has 0 heterocycles. The summed E-state index contributed by atoms with van der Waals surface area (Å²) in [4.78, 5) is 0. The van der Waals surface area contributed by atoms with Crippen molar-refractivity contribution in [1.29, 1.82) is 5.41 Å². The summed E-state index contributed by atoms with van der Waals surface area (Å²) in [6.45, 7) is 0. The molecular weight excluding hydrogens is 267 g/mol. The molecule has 0 saturated heterocycles. The van der Waals surface area contributed by atoms with Crippen LogP contribution in [0.15, 0.2) is 48.5 Å². The van der Waals surface area contributed by atoms with Crippen LogP contribution in [0.2, 0.25) is 0 Å². The van der Waals surface area contributed by atoms with Gasteiger partial charge < -0.3 is 4.74 Å². The number of ether oxygens (including phenoxy) is 1. The van der Waals surface area contributed by atoms with E-state index in [1.807, 2.05) is 0 Å². The molecular formula is C15H12F3NO. The van der Waals surface area contributed by atoms with E-state index >= 15 is 0 Å². The third-order valence-corrected chi connectivity index (χ3v) is 2.87. The maximum atomic E-state index is 12.7. The van der Waals surface area contributed by atoms with Gasteiger partial charge in [0.05, 0.1) is 12.7 Å². The van der Waals surface area contributed by atoms with Crippen molar-refractivity contribution in [3.05, 3.63) is 59.7 Å². The number of hydrogen-bond donors (Lipinski definition) is 1. The van der Waals surface area contributed by atoms with E-state index in [9.17, 15) is 13.2 Å². The van der Waals surface area contributed by atoms with Crippen molar-refractivity contribution in [2.75, 3.05) is 7.11 Å². The number of alkyl halides is 3. The van der Waals surface area contributed by atoms with Gasteiger partial charge in [-0.1, -0.05) is 24.3 Å². The van der Waals surface area contributed by atoms with Crippen LogP contribution >= 0.6 is 0 Å². The monoisotopic (exact) mass is 279 g/mol. The van der Waals surface area contributed by atoms with Gasteiger partial charge in [-0.05, 0) is 35.4 Å². The second-order valence-corrected chi connectivity index (χ2v) is 4.19. The standard InChI is InChI=1S/C15H12F3NO/c1-20-14(19)11-7-5-10(6-8-11)12-3-2-4-13(9-12)15(16,17)18/h2-9,19H,1H3. The second kappa shape index (κ2) is 5.36. The van der Waals surface area contributed by atoms with E-state index in [0.717, 1.165) is 12.1 Å². The van der Waals surface area contributed by atoms with Gasteiger partial charge in [0.1, 0.15) is 0 Å². The third-order valence-electron chi connectivity index (χ3n) is 2.87. The van der Waals surface area contributed by atoms with E-state index in [0.29, 0.717) is 16.7 Å². The van der Waals surface area contributed by atoms with E-state index in [2.05, 4.69) is 0 Å². The van der Waals surface area contributed by atoms with Gasteiger partial charge in [-0.15, -0.1) is 0 Å². The molecule has 2 aromatic carbocycles. The highest BCUT2D eigenvalue weighted by molar-refractivity contribution is 5.92. The van der Waals surface area contributed by atoms with Gasteiger partial charge in [0.2, 0.25) is 5.90 Å². The average molecular weight is 279 g/mol. The van der Waals surface area contributed by atoms with Crippen molar-refractivity contribution in [3.8, 4) is 11.1 Å². The fourth-order valence-corrected chi connectivity index (χ4v) is 1.81. The molecule has 0 bridgehead atoms. The fourth-order valence-electron chi connectivity index (χ4n) is 1.81. The zero-order valence-electron chi connectivity index (χ0n) is 10.7. The first kappa shape index (κ1) is 14.1. The molecule has 0 atom stereocenters. The first-order valence-electron chi connectivity index (χ1n) is 5.82. The second-order valence-electron chi connectivity index (χ2n) is 4.19. The Morgan fingerprint density at radius 1 is 1.00 bits per heavy atom. The summed E-state index contributed by atoms with van der Waals surface area (Å²) in [5.74, 6) is 0.0144. The molecule has 2 aromatic rings. The predicted octanol–water partition coefficient (Wildman–Crippen LogP) is 4.34. The molecule has 2 nitrogen and oxygen atoms in total. The highest BCUT2D eigenvalue weighted by Gasteiger charge is 2.30. The lowest BCUT2D eigenvalue weighted by Gasteiger charge is -2.09. The molecule has 1 N–H and O–H groups in total. The van der Waals surface area contributed by atoms with Crippen molar-refractivity contribution in [1.82, 2.24) is 0 Å². The average Bonchev–Trinajstić information content (AvgIpc) is 2.46. The number of benzene rings is 2. The van der Waals surface area contributed by atoms with Gasteiger partial charge >= 0.3 is 6.18 Å². The Hall–Kier alpha value is -2.30. The smallest absolute Gasteiger partial charge is 0.416 e. The Kier molecular flexibility index (Phi) is 3.79. The van der Waals surface area contributed by atoms with Crippen LogP contribution in [-0.4, -0.2) is 13.0 Å². The molecule has 0 saturated carbocycles. The van der Waals surface area contributed by atoms with E-state index in [1.165, 1.54) is 13.2 Å². The summed E-state index contributed by atoms with van der Waals surface area (Å²) >= 11 is 0. The Bertz CT molecular complexity index is 618. The van der Waals surface area contributed by atoms with Gasteiger partial charge in [0.25, 0.3) is 0 Å². The van der Waals surface area contributed by atoms with Gasteiger partial charge in [0.15, 0.2) is 0 Å². The van der Waals surface area contributed by atoms with Crippen LogP contribution in [0.3, 0.4) is 0 Å². The molecule has 2 rings (SSSR count). The molecule has 104 valence electrons. The number of methoxy groups -OCH3 is 1. The minimum absolute atomic E-state index is 0.0144. The van der Waals surface area contributed by atoms with Crippen LogP contribution in [0.5, 0.6) is 0 Å². The Morgan fingerprint density at radius 2 is 1.65 bits per heavy atom. The number of nitrogens with one attached hydrogen (secondary N) is 1. The quantitative estimate of drug-likeness (QED) is 0.643. The molecule has 0 aliphatic rings. The molecule has 0 fully saturated rings. The summed E-state index contributed by atoms with van der Waals surface area (Å²) in [5, 5.41) is 7.50. The molecule has 20 heavy (non-hydrogen) atoms. The van der Waals surface area contributed by atoms with Gasteiger partial charge in [-0.3, -0.25) is 5.41 Å². The van der Waals surface area contributed by atoms with Crippen LogP contribution in [0.4, 0.5) is 13.2 Å². The number of rotatable bonds is 2. The lowest BCUT2D eigenvalue weighted by molar-refractivity contribution is -0.137. The van der Waals surface area contributed by atoms with Gasteiger partial charge in [-0.2, -0.15) is 13.2 Å². The van der Waals surface area contributed by atoms with E-state index < -0.39 is 11.7 Å². The lowest BCUT2D eigenvalue weighted by Crippen LogP contribution is -2.04. The summed E-state index contributed by atoms with van der Waals surface area (Å²) in [6.07, 6.45) is -4.35. The molecule has 0 spiro atoms. The summed E-state index contributed by atoms with van der Waals surface area (Å²) in [7, 11) is 1.39. The molecule has 0 aromatic heterocycles. The molecule has 0 radical (unpaired) electrons. The maximum absolute atomic E-state index is 12.7. The third kappa shape index (κ3) is 2.99. The molecule has 0 aliphatic carbocycles. The first-order chi connectivity index (χ1) is 9.41. The van der Waals surface area contributed by atoms with E-state index in [1.54, 1.807) is 30.3 Å². The van der Waals surface area contributed by atoms with Gasteiger partial charge in [-0.25, -0.2) is 0 Å². The summed E-state index contributed by atoms with van der Waals surface area (Å²) in [5.41, 5.74) is 1.03. The summed E-state index contributed by atoms with van der Waals surface area (Å²) in [6, 6.07) is 11.8. The van der Waals surface area contributed by atoms with Crippen LogP contribution in [-0.2, 0) is 10.9 Å². The SMILES string of the molecule is COC(=N)c1ccc(-c2cccc(C(F)(F)F)c2)cc1. The van der Waals surface area contributed by atoms with Crippen LogP contribution in [0.1, 0.15) is 11.1 Å². The van der Waals surface area contributed by atoms with Crippen LogP contribution in [0.25, 0.3) is 11.1 Å². The van der Waals surface area contributed by atoms with E-state index in [-0.39, 0.29) is 5.90 Å². The Morgan fingerprint density at radius 3 is 2.20 bits per heavy atom. The van der Waals surface area contributed by atoms with Crippen molar-refractivity contribution >= 4 is 5.90 Å². The van der Waals surface area contributed by atoms with Crippen molar-refractivity contribution in [3.63, 3.8) is 0 Å². The van der Waals surface area contributed by atoms with Crippen molar-refractivity contribution in [2.24, 2.45) is 0 Å². The summed E-state index contributed by atoms with van der Waals surface area (Å²) < 4.78 is 42.7. The molecule has 0 aliphatic heterocycles. The highest BCUT2D eigenvalue weighted by atomic mass is 19.4. The van der Waals surface area contributed by atoms with Crippen molar-refractivity contribution < 1.29 is 17.9 Å². The largest absolute Gasteiger partial charge is 0.481 e. The number of hydrogen-bond acceptors (Lipinski definition) is 2. The van der Waals surface area contributed by atoms with Crippen LogP contribution in [0, 0.1) is 5.41 Å². The molecule has 5 heteroatoms. The predicted molar refractivity (Wildman–Crippen MR) is 70.7 cm³/mol. The Balaban J connectivity index is 2.35. The van der Waals surface area contributed by atoms with E-state index in [4.69, 9.17) is 10.1 Å². The lowest BCUT2D eigenvalue weighted by atomic mass is 10.0. The Labute approximate surface area is 114 Å². The topological polar surface area (TPSA) is 33.1 Å². The molecule has 0 amide bonds. The normalized spacial score (nSPS) is 11.2. The van der Waals surface area contributed by atoms with Crippen molar-refractivity contribution in [2.45, 2.75) is 6.18 Å². The highest BCUT2D eigenvalue weighted by Crippen LogP contribution is 2.32. The molecule has 0 unspecified atom stereocenters. The minimum atomic E-state index is -4.35. The first-order valence-corrected chi connectivity index (χ1v) is 5.82.